The van der Waals surface area contributed by atoms with Gasteiger partial charge in [0.25, 0.3) is 0 Å². The summed E-state index contributed by atoms with van der Waals surface area (Å²) in [5, 5.41) is 13.9. The van der Waals surface area contributed by atoms with E-state index in [9.17, 15) is 19.2 Å². The molecule has 0 atom stereocenters. The maximum atomic E-state index is 12.5. The van der Waals surface area contributed by atoms with Crippen LogP contribution in [0.3, 0.4) is 0 Å². The molecule has 0 aliphatic heterocycles. The third-order valence-corrected chi connectivity index (χ3v) is 6.10. The molecule has 3 rings (SSSR count). The monoisotopic (exact) mass is 505 g/mol. The van der Waals surface area contributed by atoms with Crippen LogP contribution < -0.4 is 10.6 Å². The summed E-state index contributed by atoms with van der Waals surface area (Å²) in [4.78, 5) is 48.7. The van der Waals surface area contributed by atoms with Gasteiger partial charge in [-0.05, 0) is 22.3 Å². The van der Waals surface area contributed by atoms with E-state index in [1.165, 1.54) is 4.90 Å². The number of rotatable bonds is 13. The second kappa shape index (κ2) is 13.7. The van der Waals surface area contributed by atoms with Gasteiger partial charge in [-0.15, -0.1) is 12.3 Å². The molecule has 2 aromatic carbocycles. The predicted octanol–water partition coefficient (Wildman–Crippen LogP) is 2.75. The molecule has 0 saturated heterocycles. The number of alkyl carbamates (subject to hydrolysis) is 1. The number of nitrogens with zero attached hydrogens (tertiary/aromatic N) is 1. The third-order valence-electron chi connectivity index (χ3n) is 6.10. The molecule has 37 heavy (non-hydrogen) atoms. The standard InChI is InChI=1S/C28H31N3O6/c1-2-3-12-26(33)31(17-15-29-25(32)13-14-27(34)35)18-16-30-28(36)37-19-24-22-10-6-4-8-20(22)21-9-5-7-11-23(21)24/h1,4-11,24H,3,12-19H2,(H,29,32)(H,30,36)(H,34,35). The first-order valence-corrected chi connectivity index (χ1v) is 12.2. The Kier molecular flexibility index (Phi) is 10.1. The zero-order valence-electron chi connectivity index (χ0n) is 20.6. The number of carboxylic acid groups (broad SMARTS) is 1. The van der Waals surface area contributed by atoms with Gasteiger partial charge in [-0.2, -0.15) is 0 Å². The lowest BCUT2D eigenvalue weighted by molar-refractivity contribution is -0.138. The first kappa shape index (κ1) is 27.3. The van der Waals surface area contributed by atoms with Crippen molar-refractivity contribution in [2.75, 3.05) is 32.8 Å². The van der Waals surface area contributed by atoms with Gasteiger partial charge < -0.3 is 25.4 Å². The Balaban J connectivity index is 1.47. The highest BCUT2D eigenvalue weighted by atomic mass is 16.5. The number of fused-ring (bicyclic) bond motifs is 3. The summed E-state index contributed by atoms with van der Waals surface area (Å²) in [6.45, 7) is 0.914. The molecule has 0 aromatic heterocycles. The fourth-order valence-electron chi connectivity index (χ4n) is 4.28. The number of carbonyl (C=O) groups excluding carboxylic acids is 3. The lowest BCUT2D eigenvalue weighted by Crippen LogP contribution is -2.42. The Bertz CT molecular complexity index is 1130. The molecule has 1 aliphatic carbocycles. The molecule has 0 heterocycles. The first-order valence-electron chi connectivity index (χ1n) is 12.2. The molecule has 3 amide bonds. The van der Waals surface area contributed by atoms with Gasteiger partial charge in [-0.1, -0.05) is 48.5 Å². The molecule has 0 fully saturated rings. The second-order valence-electron chi connectivity index (χ2n) is 8.58. The molecular weight excluding hydrogens is 474 g/mol. The molecule has 1 aliphatic rings. The van der Waals surface area contributed by atoms with E-state index >= 15 is 0 Å². The lowest BCUT2D eigenvalue weighted by atomic mass is 9.98. The molecule has 0 unspecified atom stereocenters. The van der Waals surface area contributed by atoms with Crippen LogP contribution in [0.25, 0.3) is 11.1 Å². The minimum Gasteiger partial charge on any atom is -0.481 e. The summed E-state index contributed by atoms with van der Waals surface area (Å²) >= 11 is 0. The highest BCUT2D eigenvalue weighted by Crippen LogP contribution is 2.44. The number of terminal acetylenes is 1. The quantitative estimate of drug-likeness (QED) is 0.360. The van der Waals surface area contributed by atoms with Gasteiger partial charge in [0.1, 0.15) is 6.61 Å². The normalized spacial score (nSPS) is 11.5. The van der Waals surface area contributed by atoms with E-state index in [0.29, 0.717) is 0 Å². The number of amides is 3. The summed E-state index contributed by atoms with van der Waals surface area (Å²) in [7, 11) is 0. The Morgan fingerprint density at radius 2 is 1.49 bits per heavy atom. The minimum absolute atomic E-state index is 0.0512. The summed E-state index contributed by atoms with van der Waals surface area (Å²) < 4.78 is 5.52. The van der Waals surface area contributed by atoms with Crippen molar-refractivity contribution in [3.63, 3.8) is 0 Å². The first-order chi connectivity index (χ1) is 17.9. The molecule has 0 radical (unpaired) electrons. The number of carboxylic acids is 1. The number of hydrogen-bond acceptors (Lipinski definition) is 5. The second-order valence-corrected chi connectivity index (χ2v) is 8.58. The van der Waals surface area contributed by atoms with E-state index in [1.807, 2.05) is 36.4 Å². The van der Waals surface area contributed by atoms with Crippen molar-refractivity contribution in [3.05, 3.63) is 59.7 Å². The van der Waals surface area contributed by atoms with E-state index in [0.717, 1.165) is 22.3 Å². The van der Waals surface area contributed by atoms with Gasteiger partial charge in [0.15, 0.2) is 0 Å². The average molecular weight is 506 g/mol. The van der Waals surface area contributed by atoms with Crippen molar-refractivity contribution >= 4 is 23.9 Å². The zero-order valence-corrected chi connectivity index (χ0v) is 20.6. The summed E-state index contributed by atoms with van der Waals surface area (Å²) in [5.74, 6) is 0.709. The predicted molar refractivity (Wildman–Crippen MR) is 138 cm³/mol. The van der Waals surface area contributed by atoms with Crippen LogP contribution in [0.15, 0.2) is 48.5 Å². The van der Waals surface area contributed by atoms with E-state index in [2.05, 4.69) is 28.7 Å². The van der Waals surface area contributed by atoms with Gasteiger partial charge in [-0.25, -0.2) is 4.79 Å². The van der Waals surface area contributed by atoms with E-state index < -0.39 is 18.0 Å². The van der Waals surface area contributed by atoms with Crippen LogP contribution in [0.1, 0.15) is 42.7 Å². The van der Waals surface area contributed by atoms with Crippen molar-refractivity contribution in [3.8, 4) is 23.5 Å². The van der Waals surface area contributed by atoms with Crippen molar-refractivity contribution in [1.29, 1.82) is 0 Å². The average Bonchev–Trinajstić information content (AvgIpc) is 3.22. The van der Waals surface area contributed by atoms with E-state index in [-0.39, 0.29) is 70.3 Å². The summed E-state index contributed by atoms with van der Waals surface area (Å²) in [5.41, 5.74) is 4.52. The van der Waals surface area contributed by atoms with Crippen LogP contribution in [-0.2, 0) is 19.1 Å². The van der Waals surface area contributed by atoms with Crippen molar-refractivity contribution in [2.45, 2.75) is 31.6 Å². The number of ether oxygens (including phenoxy) is 1. The van der Waals surface area contributed by atoms with Gasteiger partial charge in [0.2, 0.25) is 11.8 Å². The highest BCUT2D eigenvalue weighted by Gasteiger charge is 2.29. The Morgan fingerprint density at radius 3 is 2.08 bits per heavy atom. The Labute approximate surface area is 216 Å². The van der Waals surface area contributed by atoms with Crippen LogP contribution in [0.4, 0.5) is 4.79 Å². The largest absolute Gasteiger partial charge is 0.481 e. The van der Waals surface area contributed by atoms with Crippen molar-refractivity contribution < 1.29 is 29.0 Å². The molecular formula is C28H31N3O6. The Hall–Kier alpha value is -4.32. The van der Waals surface area contributed by atoms with E-state index in [1.54, 1.807) is 0 Å². The fourth-order valence-corrected chi connectivity index (χ4v) is 4.28. The molecule has 3 N–H and O–H groups in total. The van der Waals surface area contributed by atoms with Crippen LogP contribution >= 0.6 is 0 Å². The maximum absolute atomic E-state index is 12.5. The molecule has 9 heteroatoms. The molecule has 194 valence electrons. The van der Waals surface area contributed by atoms with E-state index in [4.69, 9.17) is 16.3 Å². The van der Waals surface area contributed by atoms with Crippen molar-refractivity contribution in [2.24, 2.45) is 0 Å². The number of benzene rings is 2. The topological polar surface area (TPSA) is 125 Å². The van der Waals surface area contributed by atoms with Crippen LogP contribution in [0.2, 0.25) is 0 Å². The number of aliphatic carboxylic acids is 1. The molecule has 2 aromatic rings. The fraction of sp³-hybridized carbons (Fsp3) is 0.357. The highest BCUT2D eigenvalue weighted by molar-refractivity contribution is 5.81. The number of nitrogens with one attached hydrogen (secondary N) is 2. The van der Waals surface area contributed by atoms with Crippen LogP contribution in [-0.4, -0.2) is 66.7 Å². The smallest absolute Gasteiger partial charge is 0.407 e. The van der Waals surface area contributed by atoms with Crippen LogP contribution in [0, 0.1) is 12.3 Å². The molecule has 9 nitrogen and oxygen atoms in total. The summed E-state index contributed by atoms with van der Waals surface area (Å²) in [6.07, 6.45) is 4.70. The summed E-state index contributed by atoms with van der Waals surface area (Å²) in [6, 6.07) is 16.1. The van der Waals surface area contributed by atoms with Gasteiger partial charge in [0, 0.05) is 51.4 Å². The number of hydrogen-bond donors (Lipinski definition) is 3. The number of carbonyl (C=O) groups is 4. The minimum atomic E-state index is -1.06. The zero-order chi connectivity index (χ0) is 26.6. The SMILES string of the molecule is C#CCCC(=O)N(CCNC(=O)CCC(=O)O)CCNC(=O)OCC1c2ccccc2-c2ccccc21. The maximum Gasteiger partial charge on any atom is 0.407 e. The van der Waals surface area contributed by atoms with Gasteiger partial charge >= 0.3 is 12.1 Å². The Morgan fingerprint density at radius 1 is 0.892 bits per heavy atom. The van der Waals surface area contributed by atoms with Crippen molar-refractivity contribution in [1.82, 2.24) is 15.5 Å². The third kappa shape index (κ3) is 7.84. The van der Waals surface area contributed by atoms with Gasteiger partial charge in [0.05, 0.1) is 6.42 Å². The van der Waals surface area contributed by atoms with Crippen LogP contribution in [0.5, 0.6) is 0 Å². The van der Waals surface area contributed by atoms with Gasteiger partial charge in [-0.3, -0.25) is 14.4 Å². The lowest BCUT2D eigenvalue weighted by Gasteiger charge is -2.23. The molecule has 0 spiro atoms. The molecule has 0 saturated carbocycles. The molecule has 0 bridgehead atoms.